The zero-order chi connectivity index (χ0) is 28.5. The summed E-state index contributed by atoms with van der Waals surface area (Å²) in [6, 6.07) is 18.9. The number of benzene rings is 2. The molecule has 2 amide bonds. The van der Waals surface area contributed by atoms with Crippen LogP contribution in [0.15, 0.2) is 60.7 Å². The molecular formula is C30H34FN7O2. The lowest BCUT2D eigenvalue weighted by atomic mass is 10.0. The average molecular weight is 544 g/mol. The monoisotopic (exact) mass is 543 g/mol. The van der Waals surface area contributed by atoms with Crippen molar-refractivity contribution in [2.45, 2.75) is 18.9 Å². The minimum absolute atomic E-state index is 0.0169. The zero-order valence-corrected chi connectivity index (χ0v) is 22.6. The highest BCUT2D eigenvalue weighted by atomic mass is 19.1. The molecule has 9 nitrogen and oxygen atoms in total. The van der Waals surface area contributed by atoms with Crippen LogP contribution in [0.25, 0.3) is 11.3 Å². The van der Waals surface area contributed by atoms with Crippen LogP contribution in [0.1, 0.15) is 27.9 Å². The van der Waals surface area contributed by atoms with Gasteiger partial charge in [0.25, 0.3) is 5.91 Å². The second-order valence-electron chi connectivity index (χ2n) is 9.81. The van der Waals surface area contributed by atoms with Crippen LogP contribution in [-0.2, 0) is 11.2 Å². The van der Waals surface area contributed by atoms with Gasteiger partial charge in [0, 0.05) is 51.3 Å². The molecule has 208 valence electrons. The molecule has 0 saturated carbocycles. The van der Waals surface area contributed by atoms with E-state index in [0.29, 0.717) is 54.3 Å². The van der Waals surface area contributed by atoms with Crippen molar-refractivity contribution in [3.05, 3.63) is 83.2 Å². The first-order valence-electron chi connectivity index (χ1n) is 13.3. The summed E-state index contributed by atoms with van der Waals surface area (Å²) < 4.78 is 13.6. The molecule has 1 aliphatic heterocycles. The Kier molecular flexibility index (Phi) is 9.78. The fourth-order valence-corrected chi connectivity index (χ4v) is 4.84. The van der Waals surface area contributed by atoms with Gasteiger partial charge in [-0.05, 0) is 49.4 Å². The lowest BCUT2D eigenvalue weighted by molar-refractivity contribution is -0.135. The largest absolute Gasteiger partial charge is 0.369 e. The number of nitriles is 1. The molecule has 1 fully saturated rings. The smallest absolute Gasteiger partial charge is 0.255 e. The summed E-state index contributed by atoms with van der Waals surface area (Å²) in [5.41, 5.74) is 8.43. The Hall–Kier alpha value is -4.33. The van der Waals surface area contributed by atoms with Crippen molar-refractivity contribution < 1.29 is 14.0 Å². The molecule has 1 aromatic heterocycles. The molecule has 40 heavy (non-hydrogen) atoms. The van der Waals surface area contributed by atoms with Crippen LogP contribution in [0.3, 0.4) is 0 Å². The Morgan fingerprint density at radius 2 is 1.98 bits per heavy atom. The molecule has 1 saturated heterocycles. The van der Waals surface area contributed by atoms with Crippen LogP contribution in [0.2, 0.25) is 0 Å². The number of aromatic nitrogens is 1. The van der Waals surface area contributed by atoms with Gasteiger partial charge in [-0.2, -0.15) is 5.26 Å². The number of nitrogens with one attached hydrogen (secondary N) is 2. The predicted octanol–water partition coefficient (Wildman–Crippen LogP) is 2.64. The summed E-state index contributed by atoms with van der Waals surface area (Å²) in [4.78, 5) is 34.7. The van der Waals surface area contributed by atoms with E-state index >= 15 is 0 Å². The molecule has 1 aliphatic rings. The van der Waals surface area contributed by atoms with Crippen molar-refractivity contribution in [1.29, 1.82) is 5.26 Å². The number of carbonyl (C=O) groups is 2. The maximum absolute atomic E-state index is 13.6. The van der Waals surface area contributed by atoms with Crippen LogP contribution in [0, 0.1) is 17.1 Å². The third-order valence-electron chi connectivity index (χ3n) is 6.92. The zero-order valence-electron chi connectivity index (χ0n) is 22.6. The maximum Gasteiger partial charge on any atom is 0.255 e. The van der Waals surface area contributed by atoms with Gasteiger partial charge in [0.1, 0.15) is 11.6 Å². The lowest BCUT2D eigenvalue weighted by Gasteiger charge is -2.40. The normalized spacial score (nSPS) is 15.3. The number of amides is 2. The third kappa shape index (κ3) is 7.20. The highest BCUT2D eigenvalue weighted by molar-refractivity contribution is 5.99. The summed E-state index contributed by atoms with van der Waals surface area (Å²) >= 11 is 0. The molecular weight excluding hydrogens is 509 g/mol. The minimum Gasteiger partial charge on any atom is -0.369 e. The van der Waals surface area contributed by atoms with Crippen molar-refractivity contribution in [1.82, 2.24) is 20.1 Å². The van der Waals surface area contributed by atoms with Crippen LogP contribution in [0.4, 0.5) is 10.2 Å². The van der Waals surface area contributed by atoms with Gasteiger partial charge < -0.3 is 26.2 Å². The van der Waals surface area contributed by atoms with E-state index in [-0.39, 0.29) is 43.2 Å². The van der Waals surface area contributed by atoms with Gasteiger partial charge in [-0.15, -0.1) is 0 Å². The van der Waals surface area contributed by atoms with Gasteiger partial charge in [0.2, 0.25) is 5.91 Å². The second kappa shape index (κ2) is 13.6. The number of hydrogen-bond donors (Lipinski definition) is 3. The molecule has 4 N–H and O–H groups in total. The van der Waals surface area contributed by atoms with Crippen molar-refractivity contribution in [3.63, 3.8) is 0 Å². The molecule has 0 unspecified atom stereocenters. The molecule has 4 rings (SSSR count). The van der Waals surface area contributed by atoms with E-state index in [4.69, 9.17) is 10.7 Å². The van der Waals surface area contributed by atoms with Crippen molar-refractivity contribution in [3.8, 4) is 17.3 Å². The Morgan fingerprint density at radius 1 is 1.15 bits per heavy atom. The van der Waals surface area contributed by atoms with Crippen LogP contribution in [0.5, 0.6) is 0 Å². The van der Waals surface area contributed by atoms with E-state index in [1.165, 1.54) is 12.1 Å². The minimum atomic E-state index is -0.333. The van der Waals surface area contributed by atoms with Gasteiger partial charge in [-0.1, -0.05) is 30.3 Å². The summed E-state index contributed by atoms with van der Waals surface area (Å²) in [6.07, 6.45) is 0.787. The average Bonchev–Trinajstić information content (AvgIpc) is 2.96. The Morgan fingerprint density at radius 3 is 2.75 bits per heavy atom. The molecule has 0 radical (unpaired) electrons. The quantitative estimate of drug-likeness (QED) is 0.359. The number of halogens is 1. The molecule has 3 aromatic rings. The highest BCUT2D eigenvalue weighted by Crippen LogP contribution is 2.25. The van der Waals surface area contributed by atoms with E-state index in [1.54, 1.807) is 35.2 Å². The molecule has 2 heterocycles. The topological polar surface area (TPSA) is 127 Å². The number of likely N-dealkylation sites (N-methyl/N-ethyl adjacent to an activating group) is 1. The number of pyridine rings is 1. The van der Waals surface area contributed by atoms with Crippen molar-refractivity contribution in [2.75, 3.05) is 51.6 Å². The van der Waals surface area contributed by atoms with Gasteiger partial charge >= 0.3 is 0 Å². The third-order valence-corrected chi connectivity index (χ3v) is 6.92. The van der Waals surface area contributed by atoms with Crippen molar-refractivity contribution in [2.24, 2.45) is 5.73 Å². The van der Waals surface area contributed by atoms with Crippen LogP contribution in [-0.4, -0.2) is 79.0 Å². The summed E-state index contributed by atoms with van der Waals surface area (Å²) in [5, 5.41) is 15.8. The van der Waals surface area contributed by atoms with E-state index < -0.39 is 0 Å². The maximum atomic E-state index is 13.6. The molecule has 1 atom stereocenters. The van der Waals surface area contributed by atoms with Crippen LogP contribution < -0.4 is 16.4 Å². The van der Waals surface area contributed by atoms with E-state index in [9.17, 15) is 19.2 Å². The molecule has 0 spiro atoms. The number of piperazine rings is 1. The van der Waals surface area contributed by atoms with E-state index in [1.807, 2.05) is 25.2 Å². The second-order valence-corrected chi connectivity index (χ2v) is 9.81. The van der Waals surface area contributed by atoms with Gasteiger partial charge in [-0.3, -0.25) is 9.59 Å². The first-order valence-corrected chi connectivity index (χ1v) is 13.3. The van der Waals surface area contributed by atoms with Crippen LogP contribution >= 0.6 is 0 Å². The van der Waals surface area contributed by atoms with Gasteiger partial charge in [0.15, 0.2) is 0 Å². The molecule has 0 aliphatic carbocycles. The lowest BCUT2D eigenvalue weighted by Crippen LogP contribution is -2.58. The van der Waals surface area contributed by atoms with E-state index in [2.05, 4.69) is 21.6 Å². The summed E-state index contributed by atoms with van der Waals surface area (Å²) in [7, 11) is 1.99. The first-order chi connectivity index (χ1) is 19.4. The number of nitrogens with two attached hydrogens (primary N) is 1. The summed E-state index contributed by atoms with van der Waals surface area (Å²) in [6.45, 7) is 2.95. The van der Waals surface area contributed by atoms with Gasteiger partial charge in [0.05, 0.1) is 28.9 Å². The molecule has 2 aromatic carbocycles. The SMILES string of the molecule is CN1CCN(C(=O)CCN)[C@@H](CNC(=O)c2ccc(-c3ccccc3C#N)nc2NCCc2cccc(F)c2)C1. The highest BCUT2D eigenvalue weighted by Gasteiger charge is 2.29. The Labute approximate surface area is 233 Å². The fourth-order valence-electron chi connectivity index (χ4n) is 4.84. The summed E-state index contributed by atoms with van der Waals surface area (Å²) in [5.74, 6) is -0.300. The number of anilines is 1. The fraction of sp³-hybridized carbons (Fsp3) is 0.333. The van der Waals surface area contributed by atoms with Crippen molar-refractivity contribution >= 4 is 17.6 Å². The van der Waals surface area contributed by atoms with Gasteiger partial charge in [-0.25, -0.2) is 9.37 Å². The first kappa shape index (κ1) is 28.7. The Bertz CT molecular complexity index is 1390. The number of hydrogen-bond acceptors (Lipinski definition) is 7. The predicted molar refractivity (Wildman–Crippen MR) is 152 cm³/mol. The Balaban J connectivity index is 1.55. The number of nitrogens with zero attached hydrogens (tertiary/aromatic N) is 4. The van der Waals surface area contributed by atoms with E-state index in [0.717, 1.165) is 12.1 Å². The standard InChI is InChI=1S/C30H34FN7O2/c1-37-15-16-38(28(39)11-13-32)24(20-37)19-35-30(40)26-9-10-27(25-8-3-2-6-22(25)18-33)36-29(26)34-14-12-21-5-4-7-23(31)17-21/h2-10,17,24H,11-16,19-20,32H2,1H3,(H,34,36)(H,35,40)/t24-/m0/s1. The molecule has 0 bridgehead atoms. The molecule has 10 heteroatoms. The number of carbonyl (C=O) groups excluding carboxylic acids is 2. The number of rotatable bonds is 10.